The van der Waals surface area contributed by atoms with E-state index in [9.17, 15) is 10.2 Å². The Bertz CT molecular complexity index is 1450. The Morgan fingerprint density at radius 3 is 1.90 bits per heavy atom. The Balaban J connectivity index is 1.31. The van der Waals surface area contributed by atoms with E-state index in [1.807, 2.05) is 12.1 Å². The molecular weight excluding hydrogens is 517 g/mol. The first kappa shape index (κ1) is 26.5. The second-order valence-electron chi connectivity index (χ2n) is 13.0. The van der Waals surface area contributed by atoms with Crippen molar-refractivity contribution in [3.8, 4) is 5.75 Å². The van der Waals surface area contributed by atoms with Crippen molar-refractivity contribution < 1.29 is 10.2 Å². The topological polar surface area (TPSA) is 40.5 Å². The number of phenols is 1. The van der Waals surface area contributed by atoms with Crippen LogP contribution in [0.3, 0.4) is 0 Å². The van der Waals surface area contributed by atoms with Crippen molar-refractivity contribution in [2.45, 2.75) is 57.0 Å². The van der Waals surface area contributed by atoms with Gasteiger partial charge in [-0.1, -0.05) is 116 Å². The van der Waals surface area contributed by atoms with Crippen molar-refractivity contribution in [2.24, 2.45) is 17.3 Å². The van der Waals surface area contributed by atoms with Crippen molar-refractivity contribution in [2.75, 3.05) is 0 Å². The number of benzene rings is 4. The fourth-order valence-electron chi connectivity index (χ4n) is 9.05. The number of aliphatic hydroxyl groups is 1. The molecule has 0 spiro atoms. The quantitative estimate of drug-likeness (QED) is 0.226. The highest BCUT2D eigenvalue weighted by atomic mass is 28.3. The molecule has 208 valence electrons. The van der Waals surface area contributed by atoms with E-state index in [-0.39, 0.29) is 5.41 Å². The van der Waals surface area contributed by atoms with Crippen LogP contribution in [0.5, 0.6) is 5.75 Å². The maximum atomic E-state index is 12.7. The summed E-state index contributed by atoms with van der Waals surface area (Å²) >= 11 is 0. The van der Waals surface area contributed by atoms with Crippen LogP contribution in [-0.2, 0) is 6.42 Å². The highest BCUT2D eigenvalue weighted by Gasteiger charge is 2.60. The lowest BCUT2D eigenvalue weighted by molar-refractivity contribution is -0.0709. The minimum atomic E-state index is -2.58. The fraction of sp³-hybridized carbons (Fsp3) is 0.316. The largest absolute Gasteiger partial charge is 0.508 e. The van der Waals surface area contributed by atoms with Crippen LogP contribution in [0.15, 0.2) is 121 Å². The molecule has 41 heavy (non-hydrogen) atoms. The molecule has 2 saturated carbocycles. The Kier molecular flexibility index (Phi) is 6.56. The summed E-state index contributed by atoms with van der Waals surface area (Å²) in [6.07, 6.45) is 8.46. The lowest BCUT2D eigenvalue weighted by Gasteiger charge is -2.53. The third kappa shape index (κ3) is 4.16. The molecule has 0 saturated heterocycles. The van der Waals surface area contributed by atoms with Crippen molar-refractivity contribution in [1.82, 2.24) is 0 Å². The van der Waals surface area contributed by atoms with Gasteiger partial charge in [-0.15, -0.1) is 0 Å². The maximum absolute atomic E-state index is 12.7. The van der Waals surface area contributed by atoms with Crippen LogP contribution >= 0.6 is 0 Å². The second-order valence-corrected chi connectivity index (χ2v) is 16.6. The molecule has 2 N–H and O–H groups in total. The lowest BCUT2D eigenvalue weighted by Crippen LogP contribution is -2.66. The van der Waals surface area contributed by atoms with Gasteiger partial charge in [-0.3, -0.25) is 0 Å². The summed E-state index contributed by atoms with van der Waals surface area (Å²) in [6, 6.07) is 38.9. The summed E-state index contributed by atoms with van der Waals surface area (Å²) in [5, 5.41) is 26.8. The van der Waals surface area contributed by atoms with E-state index >= 15 is 0 Å². The Morgan fingerprint density at radius 2 is 1.32 bits per heavy atom. The number of aromatic hydroxyl groups is 1. The van der Waals surface area contributed by atoms with Crippen LogP contribution < -0.4 is 15.6 Å². The van der Waals surface area contributed by atoms with Crippen LogP contribution in [0.25, 0.3) is 0 Å². The van der Waals surface area contributed by atoms with Crippen LogP contribution in [0, 0.1) is 17.3 Å². The summed E-state index contributed by atoms with van der Waals surface area (Å²) in [5.41, 5.74) is 4.24. The van der Waals surface area contributed by atoms with E-state index < -0.39 is 13.7 Å². The third-order valence-electron chi connectivity index (χ3n) is 11.2. The average Bonchev–Trinajstić information content (AvgIpc) is 3.29. The van der Waals surface area contributed by atoms with Gasteiger partial charge in [0.15, 0.2) is 8.07 Å². The number of hydrogen-bond donors (Lipinski definition) is 2. The number of rotatable bonds is 5. The van der Waals surface area contributed by atoms with Crippen LogP contribution in [0.2, 0.25) is 0 Å². The number of phenolic OH excluding ortho intramolecular Hbond substituents is 1. The molecule has 3 aliphatic carbocycles. The molecule has 0 aromatic heterocycles. The first-order chi connectivity index (χ1) is 19.9. The standard InChI is InChI=1S/C38H40O2Si/c1-37-23-21-34-33-20-18-29(39)27-28(33)17-19-35(34)36(37)22-24-38(37,40)25-26-41(30-11-5-2-6-12-30,31-13-7-3-8-14-31)32-15-9-4-10-16-32/h2-16,18,20,25-27,34-36,39-40H,17,19,21-24H2,1H3/b26-25+/t34-,35-,36+,37+,38-/m1/s1. The van der Waals surface area contributed by atoms with Crippen molar-refractivity contribution in [3.63, 3.8) is 0 Å². The van der Waals surface area contributed by atoms with E-state index in [1.165, 1.54) is 26.7 Å². The highest BCUT2D eigenvalue weighted by molar-refractivity contribution is 7.14. The van der Waals surface area contributed by atoms with E-state index in [2.05, 4.69) is 116 Å². The lowest BCUT2D eigenvalue weighted by atomic mass is 9.53. The minimum Gasteiger partial charge on any atom is -0.508 e. The Hall–Kier alpha value is -3.40. The smallest absolute Gasteiger partial charge is 0.172 e. The van der Waals surface area contributed by atoms with E-state index in [4.69, 9.17) is 0 Å². The summed E-state index contributed by atoms with van der Waals surface area (Å²) in [5.74, 6) is 2.01. The fourth-order valence-corrected chi connectivity index (χ4v) is 13.3. The molecule has 3 heteroatoms. The van der Waals surface area contributed by atoms with Gasteiger partial charge in [-0.2, -0.15) is 0 Å². The molecule has 0 amide bonds. The number of hydrogen-bond acceptors (Lipinski definition) is 2. The van der Waals surface area contributed by atoms with E-state index in [0.717, 1.165) is 38.5 Å². The first-order valence-electron chi connectivity index (χ1n) is 15.4. The summed E-state index contributed by atoms with van der Waals surface area (Å²) in [6.45, 7) is 2.38. The predicted molar refractivity (Wildman–Crippen MR) is 171 cm³/mol. The monoisotopic (exact) mass is 556 g/mol. The Morgan fingerprint density at radius 1 is 0.732 bits per heavy atom. The zero-order valence-corrected chi connectivity index (χ0v) is 24.9. The van der Waals surface area contributed by atoms with Crippen LogP contribution in [0.1, 0.15) is 56.1 Å². The van der Waals surface area contributed by atoms with Gasteiger partial charge in [0.1, 0.15) is 5.75 Å². The van der Waals surface area contributed by atoms with Crippen LogP contribution in [-0.4, -0.2) is 23.9 Å². The molecule has 0 unspecified atom stereocenters. The molecule has 4 aromatic rings. The summed E-state index contributed by atoms with van der Waals surface area (Å²) in [4.78, 5) is 0. The Labute approximate surface area is 245 Å². The molecule has 0 bridgehead atoms. The molecule has 3 aliphatic rings. The number of aryl methyl sites for hydroxylation is 1. The van der Waals surface area contributed by atoms with E-state index in [0.29, 0.717) is 23.5 Å². The van der Waals surface area contributed by atoms with Gasteiger partial charge in [0.25, 0.3) is 0 Å². The average molecular weight is 557 g/mol. The zero-order chi connectivity index (χ0) is 28.1. The molecule has 4 aromatic carbocycles. The molecule has 2 nitrogen and oxygen atoms in total. The number of fused-ring (bicyclic) bond motifs is 5. The van der Waals surface area contributed by atoms with Gasteiger partial charge in [0.05, 0.1) is 5.60 Å². The predicted octanol–water partition coefficient (Wildman–Crippen LogP) is 6.25. The molecule has 0 heterocycles. The van der Waals surface area contributed by atoms with Crippen molar-refractivity contribution in [3.05, 3.63) is 132 Å². The van der Waals surface area contributed by atoms with Crippen LogP contribution in [0.4, 0.5) is 0 Å². The molecule has 7 rings (SSSR count). The van der Waals surface area contributed by atoms with Gasteiger partial charge >= 0.3 is 0 Å². The molecule has 0 radical (unpaired) electrons. The molecule has 0 aliphatic heterocycles. The SMILES string of the molecule is C[C@]12CC[C@@H]3c4ccc(O)cc4CC[C@H]3[C@@H]1CC[C@@]2(O)/C=C/[Si](c1ccccc1)(c1ccccc1)c1ccccc1. The van der Waals surface area contributed by atoms with E-state index in [1.54, 1.807) is 0 Å². The third-order valence-corrected chi connectivity index (χ3v) is 15.6. The van der Waals surface area contributed by atoms with Gasteiger partial charge in [-0.25, -0.2) is 0 Å². The van der Waals surface area contributed by atoms with Crippen molar-refractivity contribution >= 4 is 23.6 Å². The zero-order valence-electron chi connectivity index (χ0n) is 23.9. The van der Waals surface area contributed by atoms with Gasteiger partial charge in [0.2, 0.25) is 0 Å². The van der Waals surface area contributed by atoms with Gasteiger partial charge in [-0.05, 0) is 95.1 Å². The molecule has 2 fully saturated rings. The second kappa shape index (κ2) is 10.1. The highest BCUT2D eigenvalue weighted by Crippen LogP contribution is 2.64. The minimum absolute atomic E-state index is 0.150. The molecular formula is C38H40O2Si. The maximum Gasteiger partial charge on any atom is 0.172 e. The normalized spacial score (nSPS) is 29.1. The van der Waals surface area contributed by atoms with Gasteiger partial charge in [0, 0.05) is 5.41 Å². The summed E-state index contributed by atoms with van der Waals surface area (Å²) < 4.78 is 0. The molecule has 5 atom stereocenters. The van der Waals surface area contributed by atoms with Gasteiger partial charge < -0.3 is 10.2 Å². The first-order valence-corrected chi connectivity index (χ1v) is 17.4. The summed E-state index contributed by atoms with van der Waals surface area (Å²) in [7, 11) is -2.58. The van der Waals surface area contributed by atoms with Crippen molar-refractivity contribution in [1.29, 1.82) is 0 Å².